The lowest BCUT2D eigenvalue weighted by Crippen LogP contribution is -2.49. The van der Waals surface area contributed by atoms with Gasteiger partial charge in [-0.2, -0.15) is 0 Å². The summed E-state index contributed by atoms with van der Waals surface area (Å²) in [7, 11) is 0. The van der Waals surface area contributed by atoms with Gasteiger partial charge in [-0.05, 0) is 53.4 Å². The molecule has 1 saturated carbocycles. The van der Waals surface area contributed by atoms with Crippen molar-refractivity contribution < 1.29 is 14.3 Å². The first-order valence-electron chi connectivity index (χ1n) is 7.04. The Bertz CT molecular complexity index is 377. The second kappa shape index (κ2) is 4.82. The number of allylic oxidation sites excluding steroid dienone is 1. The molecule has 1 atom stereocenters. The van der Waals surface area contributed by atoms with E-state index < -0.39 is 11.3 Å². The van der Waals surface area contributed by atoms with Gasteiger partial charge in [0.15, 0.2) is 0 Å². The van der Waals surface area contributed by atoms with Crippen LogP contribution in [0.1, 0.15) is 47.5 Å². The van der Waals surface area contributed by atoms with E-state index >= 15 is 0 Å². The Morgan fingerprint density at radius 2 is 1.95 bits per heavy atom. The molecule has 1 amide bonds. The largest absolute Gasteiger partial charge is 0.444 e. The van der Waals surface area contributed by atoms with Crippen molar-refractivity contribution in [3.05, 3.63) is 12.2 Å². The van der Waals surface area contributed by atoms with E-state index in [1.807, 2.05) is 34.6 Å². The highest BCUT2D eigenvalue weighted by Gasteiger charge is 2.44. The number of carbonyl (C=O) groups excluding carboxylic acids is 1. The average Bonchev–Trinajstić information content (AvgIpc) is 2.98. The lowest BCUT2D eigenvalue weighted by Gasteiger charge is -2.34. The molecule has 0 N–H and O–H groups in total. The third kappa shape index (κ3) is 3.72. The van der Waals surface area contributed by atoms with E-state index in [2.05, 4.69) is 12.2 Å². The summed E-state index contributed by atoms with van der Waals surface area (Å²) in [5, 5.41) is 0. The Labute approximate surface area is 115 Å². The first-order valence-corrected chi connectivity index (χ1v) is 7.04. The van der Waals surface area contributed by atoms with E-state index in [0.717, 1.165) is 0 Å². The summed E-state index contributed by atoms with van der Waals surface area (Å²) in [5.74, 6) is 0.698. The van der Waals surface area contributed by atoms with E-state index in [0.29, 0.717) is 12.5 Å². The number of hydrogen-bond donors (Lipinski definition) is 0. The maximum absolute atomic E-state index is 12.3. The molecule has 0 unspecified atom stereocenters. The number of nitrogens with zero attached hydrogens (tertiary/aromatic N) is 1. The van der Waals surface area contributed by atoms with Crippen LogP contribution in [0.2, 0.25) is 0 Å². The summed E-state index contributed by atoms with van der Waals surface area (Å²) in [6.45, 7) is 9.98. The van der Waals surface area contributed by atoms with E-state index in [1.54, 1.807) is 4.90 Å². The molecule has 2 aliphatic rings. The van der Waals surface area contributed by atoms with Gasteiger partial charge in [0.2, 0.25) is 0 Å². The Morgan fingerprint density at radius 1 is 1.32 bits per heavy atom. The highest BCUT2D eigenvalue weighted by molar-refractivity contribution is 5.70. The molecule has 1 aliphatic carbocycles. The van der Waals surface area contributed by atoms with Crippen molar-refractivity contribution in [2.45, 2.75) is 64.8 Å². The summed E-state index contributed by atoms with van der Waals surface area (Å²) >= 11 is 0. The fourth-order valence-corrected chi connectivity index (χ4v) is 2.21. The van der Waals surface area contributed by atoms with Gasteiger partial charge in [0.05, 0.1) is 12.6 Å². The summed E-state index contributed by atoms with van der Waals surface area (Å²) in [4.78, 5) is 14.0. The van der Waals surface area contributed by atoms with Gasteiger partial charge >= 0.3 is 6.09 Å². The van der Waals surface area contributed by atoms with Crippen LogP contribution < -0.4 is 0 Å². The van der Waals surface area contributed by atoms with Crippen LogP contribution in [0.4, 0.5) is 4.79 Å². The maximum atomic E-state index is 12.3. The molecule has 0 radical (unpaired) electrons. The van der Waals surface area contributed by atoms with Gasteiger partial charge in [-0.15, -0.1) is 0 Å². The lowest BCUT2D eigenvalue weighted by atomic mass is 10.2. The SMILES string of the molecule is CC(C)(C)OC(=O)N1[C@@H](C=CC2CC2)COC1(C)C. The summed E-state index contributed by atoms with van der Waals surface area (Å²) in [5.41, 5.74) is -1.10. The molecule has 0 spiro atoms. The Balaban J connectivity index is 2.08. The van der Waals surface area contributed by atoms with Crippen molar-refractivity contribution in [1.82, 2.24) is 4.90 Å². The predicted molar refractivity (Wildman–Crippen MR) is 73.8 cm³/mol. The van der Waals surface area contributed by atoms with Crippen LogP contribution in [0.3, 0.4) is 0 Å². The van der Waals surface area contributed by atoms with Crippen molar-refractivity contribution in [3.63, 3.8) is 0 Å². The van der Waals surface area contributed by atoms with Crippen LogP contribution in [0.25, 0.3) is 0 Å². The quantitative estimate of drug-likeness (QED) is 0.720. The number of rotatable bonds is 2. The number of amides is 1. The molecule has 19 heavy (non-hydrogen) atoms. The molecule has 1 heterocycles. The third-order valence-corrected chi connectivity index (χ3v) is 3.34. The van der Waals surface area contributed by atoms with E-state index in [4.69, 9.17) is 9.47 Å². The minimum Gasteiger partial charge on any atom is -0.444 e. The van der Waals surface area contributed by atoms with Crippen LogP contribution in [0.15, 0.2) is 12.2 Å². The van der Waals surface area contributed by atoms with Gasteiger partial charge in [-0.25, -0.2) is 4.79 Å². The third-order valence-electron chi connectivity index (χ3n) is 3.34. The minimum absolute atomic E-state index is 0.0227. The predicted octanol–water partition coefficient (Wildman–Crippen LogP) is 3.32. The molecule has 4 nitrogen and oxygen atoms in total. The normalized spacial score (nSPS) is 27.0. The van der Waals surface area contributed by atoms with Crippen molar-refractivity contribution in [3.8, 4) is 0 Å². The Kier molecular flexibility index (Phi) is 3.65. The van der Waals surface area contributed by atoms with Gasteiger partial charge in [0.1, 0.15) is 11.3 Å². The minimum atomic E-state index is -0.610. The van der Waals surface area contributed by atoms with Crippen LogP contribution in [-0.4, -0.2) is 35.0 Å². The molecule has 1 saturated heterocycles. The van der Waals surface area contributed by atoms with Gasteiger partial charge in [0, 0.05) is 0 Å². The molecule has 0 aromatic rings. The molecule has 4 heteroatoms. The standard InChI is InChI=1S/C15H25NO3/c1-14(2,3)19-13(17)16-12(9-8-11-6-7-11)10-18-15(16,4)5/h8-9,11-12H,6-7,10H2,1-5H3/t12-/m0/s1. The second-order valence-corrected chi connectivity index (χ2v) is 6.90. The number of ether oxygens (including phenoxy) is 2. The maximum Gasteiger partial charge on any atom is 0.413 e. The zero-order valence-electron chi connectivity index (χ0n) is 12.6. The van der Waals surface area contributed by atoms with E-state index in [9.17, 15) is 4.79 Å². The fourth-order valence-electron chi connectivity index (χ4n) is 2.21. The van der Waals surface area contributed by atoms with Crippen molar-refractivity contribution >= 4 is 6.09 Å². The highest BCUT2D eigenvalue weighted by Crippen LogP contribution is 2.33. The topological polar surface area (TPSA) is 38.8 Å². The van der Waals surface area contributed by atoms with Crippen LogP contribution in [0, 0.1) is 5.92 Å². The Hall–Kier alpha value is -1.03. The van der Waals surface area contributed by atoms with Crippen molar-refractivity contribution in [1.29, 1.82) is 0 Å². The van der Waals surface area contributed by atoms with Crippen LogP contribution in [-0.2, 0) is 9.47 Å². The zero-order chi connectivity index (χ0) is 14.3. The molecule has 2 fully saturated rings. The van der Waals surface area contributed by atoms with Crippen molar-refractivity contribution in [2.24, 2.45) is 5.92 Å². The number of carbonyl (C=O) groups is 1. The zero-order valence-corrected chi connectivity index (χ0v) is 12.6. The van der Waals surface area contributed by atoms with Crippen LogP contribution >= 0.6 is 0 Å². The van der Waals surface area contributed by atoms with E-state index in [-0.39, 0.29) is 12.1 Å². The van der Waals surface area contributed by atoms with Gasteiger partial charge < -0.3 is 9.47 Å². The molecule has 1 aliphatic heterocycles. The molecular weight excluding hydrogens is 242 g/mol. The van der Waals surface area contributed by atoms with Gasteiger partial charge in [-0.1, -0.05) is 12.2 Å². The molecular formula is C15H25NO3. The van der Waals surface area contributed by atoms with Gasteiger partial charge in [0.25, 0.3) is 0 Å². The van der Waals surface area contributed by atoms with Gasteiger partial charge in [-0.3, -0.25) is 4.90 Å². The molecule has 0 aromatic heterocycles. The average molecular weight is 267 g/mol. The summed E-state index contributed by atoms with van der Waals surface area (Å²) < 4.78 is 11.2. The summed E-state index contributed by atoms with van der Waals surface area (Å²) in [6, 6.07) is -0.0227. The molecule has 2 rings (SSSR count). The monoisotopic (exact) mass is 267 g/mol. The van der Waals surface area contributed by atoms with Crippen molar-refractivity contribution in [2.75, 3.05) is 6.61 Å². The van der Waals surface area contributed by atoms with Crippen LogP contribution in [0.5, 0.6) is 0 Å². The number of hydrogen-bond acceptors (Lipinski definition) is 3. The molecule has 0 bridgehead atoms. The van der Waals surface area contributed by atoms with E-state index in [1.165, 1.54) is 12.8 Å². The second-order valence-electron chi connectivity index (χ2n) is 6.90. The lowest BCUT2D eigenvalue weighted by molar-refractivity contribution is -0.0610. The smallest absolute Gasteiger partial charge is 0.413 e. The highest BCUT2D eigenvalue weighted by atomic mass is 16.6. The molecule has 0 aromatic carbocycles. The molecule has 108 valence electrons. The first kappa shape index (κ1) is 14.4. The Morgan fingerprint density at radius 3 is 2.47 bits per heavy atom. The first-order chi connectivity index (χ1) is 8.69. The fraction of sp³-hybridized carbons (Fsp3) is 0.800. The summed E-state index contributed by atoms with van der Waals surface area (Å²) in [6.07, 6.45) is 6.52.